The Bertz CT molecular complexity index is 721. The summed E-state index contributed by atoms with van der Waals surface area (Å²) in [5.74, 6) is 1.31. The lowest BCUT2D eigenvalue weighted by Gasteiger charge is -2.19. The molecule has 1 amide bonds. The van der Waals surface area contributed by atoms with Crippen LogP contribution < -0.4 is 14.8 Å². The molecule has 0 atom stereocenters. The molecule has 3 rings (SSSR count). The molecule has 2 aromatic rings. The highest BCUT2D eigenvalue weighted by Gasteiger charge is 2.13. The molecule has 0 fully saturated rings. The summed E-state index contributed by atoms with van der Waals surface area (Å²) in [6, 6.07) is 10.9. The van der Waals surface area contributed by atoms with Gasteiger partial charge >= 0.3 is 0 Å². The van der Waals surface area contributed by atoms with Gasteiger partial charge in [0.25, 0.3) is 5.91 Å². The standard InChI is InChI=1S/C16H13ClINO3/c17-11-2-3-13(18)12(8-11)16(20)19-9-10-1-4-14-15(7-10)22-6-5-21-14/h1-4,7-8H,5-6,9H2,(H,19,20). The maximum atomic E-state index is 12.2. The van der Waals surface area contributed by atoms with Crippen LogP contribution in [0, 0.1) is 3.57 Å². The molecule has 0 saturated carbocycles. The molecule has 22 heavy (non-hydrogen) atoms. The summed E-state index contributed by atoms with van der Waals surface area (Å²) < 4.78 is 11.9. The normalized spacial score (nSPS) is 12.8. The minimum absolute atomic E-state index is 0.151. The van der Waals surface area contributed by atoms with Gasteiger partial charge in [0.05, 0.1) is 5.56 Å². The number of ether oxygens (including phenoxy) is 2. The van der Waals surface area contributed by atoms with E-state index in [0.29, 0.717) is 30.3 Å². The quantitative estimate of drug-likeness (QED) is 0.758. The zero-order valence-electron chi connectivity index (χ0n) is 11.6. The molecule has 0 unspecified atom stereocenters. The van der Waals surface area contributed by atoms with E-state index in [9.17, 15) is 4.79 Å². The number of hydrogen-bond acceptors (Lipinski definition) is 3. The van der Waals surface area contributed by atoms with Gasteiger partial charge in [-0.05, 0) is 58.5 Å². The first kappa shape index (κ1) is 15.4. The van der Waals surface area contributed by atoms with E-state index in [0.717, 1.165) is 20.6 Å². The van der Waals surface area contributed by atoms with Gasteiger partial charge in [-0.1, -0.05) is 17.7 Å². The fraction of sp³-hybridized carbons (Fsp3) is 0.188. The van der Waals surface area contributed by atoms with Crippen molar-refractivity contribution in [2.24, 2.45) is 0 Å². The molecule has 1 heterocycles. The van der Waals surface area contributed by atoms with Crippen molar-refractivity contribution < 1.29 is 14.3 Å². The minimum atomic E-state index is -0.151. The Morgan fingerprint density at radius 2 is 1.91 bits per heavy atom. The Kier molecular flexibility index (Phi) is 4.73. The van der Waals surface area contributed by atoms with Crippen molar-refractivity contribution in [3.8, 4) is 11.5 Å². The van der Waals surface area contributed by atoms with Crippen LogP contribution in [0.15, 0.2) is 36.4 Å². The van der Waals surface area contributed by atoms with Crippen LogP contribution in [-0.2, 0) is 6.54 Å². The van der Waals surface area contributed by atoms with E-state index in [1.54, 1.807) is 12.1 Å². The highest BCUT2D eigenvalue weighted by atomic mass is 127. The minimum Gasteiger partial charge on any atom is -0.486 e. The van der Waals surface area contributed by atoms with Crippen molar-refractivity contribution in [2.75, 3.05) is 13.2 Å². The van der Waals surface area contributed by atoms with E-state index < -0.39 is 0 Å². The summed E-state index contributed by atoms with van der Waals surface area (Å²) >= 11 is 8.06. The Hall–Kier alpha value is -1.47. The molecule has 1 aliphatic heterocycles. The monoisotopic (exact) mass is 429 g/mol. The third-order valence-corrected chi connectivity index (χ3v) is 4.41. The third-order valence-electron chi connectivity index (χ3n) is 3.23. The lowest BCUT2D eigenvalue weighted by Crippen LogP contribution is -2.24. The lowest BCUT2D eigenvalue weighted by atomic mass is 10.1. The summed E-state index contributed by atoms with van der Waals surface area (Å²) in [4.78, 5) is 12.2. The highest BCUT2D eigenvalue weighted by molar-refractivity contribution is 14.1. The van der Waals surface area contributed by atoms with Gasteiger partial charge in [0.2, 0.25) is 0 Å². The molecule has 0 spiro atoms. The molecule has 0 aromatic heterocycles. The fourth-order valence-corrected chi connectivity index (χ4v) is 2.90. The highest BCUT2D eigenvalue weighted by Crippen LogP contribution is 2.30. The summed E-state index contributed by atoms with van der Waals surface area (Å²) in [6.45, 7) is 1.53. The second-order valence-electron chi connectivity index (χ2n) is 4.78. The van der Waals surface area contributed by atoms with Gasteiger partial charge in [0, 0.05) is 15.1 Å². The Labute approximate surface area is 146 Å². The summed E-state index contributed by atoms with van der Waals surface area (Å²) in [7, 11) is 0. The van der Waals surface area contributed by atoms with Crippen molar-refractivity contribution in [3.63, 3.8) is 0 Å². The number of amides is 1. The maximum Gasteiger partial charge on any atom is 0.252 e. The Balaban J connectivity index is 1.69. The molecular weight excluding hydrogens is 417 g/mol. The molecule has 0 bridgehead atoms. The zero-order valence-corrected chi connectivity index (χ0v) is 14.5. The first-order valence-electron chi connectivity index (χ1n) is 6.75. The second-order valence-corrected chi connectivity index (χ2v) is 6.38. The van der Waals surface area contributed by atoms with Crippen LogP contribution in [0.4, 0.5) is 0 Å². The molecule has 1 N–H and O–H groups in total. The average Bonchev–Trinajstić information content (AvgIpc) is 2.54. The molecular formula is C16H13ClINO3. The topological polar surface area (TPSA) is 47.6 Å². The van der Waals surface area contributed by atoms with Crippen LogP contribution >= 0.6 is 34.2 Å². The van der Waals surface area contributed by atoms with Gasteiger partial charge in [-0.25, -0.2) is 0 Å². The van der Waals surface area contributed by atoms with E-state index in [1.165, 1.54) is 0 Å². The molecule has 0 radical (unpaired) electrons. The number of nitrogens with one attached hydrogen (secondary N) is 1. The summed E-state index contributed by atoms with van der Waals surface area (Å²) in [6.07, 6.45) is 0. The van der Waals surface area contributed by atoms with Crippen molar-refractivity contribution in [3.05, 3.63) is 56.1 Å². The maximum absolute atomic E-state index is 12.2. The van der Waals surface area contributed by atoms with Crippen LogP contribution in [0.25, 0.3) is 0 Å². The molecule has 1 aliphatic rings. The summed E-state index contributed by atoms with van der Waals surface area (Å²) in [5, 5.41) is 3.44. The number of halogens is 2. The van der Waals surface area contributed by atoms with Gasteiger partial charge in [-0.15, -0.1) is 0 Å². The van der Waals surface area contributed by atoms with Crippen molar-refractivity contribution >= 4 is 40.1 Å². The SMILES string of the molecule is O=C(NCc1ccc2c(c1)OCCO2)c1cc(Cl)ccc1I. The van der Waals surface area contributed by atoms with Crippen LogP contribution in [0.5, 0.6) is 11.5 Å². The van der Waals surface area contributed by atoms with E-state index in [-0.39, 0.29) is 5.91 Å². The fourth-order valence-electron chi connectivity index (χ4n) is 2.15. The van der Waals surface area contributed by atoms with Crippen molar-refractivity contribution in [1.29, 1.82) is 0 Å². The van der Waals surface area contributed by atoms with Crippen LogP contribution in [0.3, 0.4) is 0 Å². The van der Waals surface area contributed by atoms with E-state index >= 15 is 0 Å². The Morgan fingerprint density at radius 3 is 2.73 bits per heavy atom. The first-order chi connectivity index (χ1) is 10.6. The number of carbonyl (C=O) groups excluding carboxylic acids is 1. The van der Waals surface area contributed by atoms with E-state index in [1.807, 2.05) is 24.3 Å². The van der Waals surface area contributed by atoms with Crippen LogP contribution in [0.2, 0.25) is 5.02 Å². The van der Waals surface area contributed by atoms with E-state index in [4.69, 9.17) is 21.1 Å². The van der Waals surface area contributed by atoms with E-state index in [2.05, 4.69) is 27.9 Å². The molecule has 6 heteroatoms. The molecule has 114 valence electrons. The Morgan fingerprint density at radius 1 is 1.14 bits per heavy atom. The second kappa shape index (κ2) is 6.75. The average molecular weight is 430 g/mol. The van der Waals surface area contributed by atoms with Crippen LogP contribution in [0.1, 0.15) is 15.9 Å². The smallest absolute Gasteiger partial charge is 0.252 e. The predicted octanol–water partition coefficient (Wildman–Crippen LogP) is 3.65. The molecule has 2 aromatic carbocycles. The first-order valence-corrected chi connectivity index (χ1v) is 8.21. The van der Waals surface area contributed by atoms with Gasteiger partial charge in [0.1, 0.15) is 13.2 Å². The van der Waals surface area contributed by atoms with Gasteiger partial charge in [-0.2, -0.15) is 0 Å². The van der Waals surface area contributed by atoms with Crippen molar-refractivity contribution in [1.82, 2.24) is 5.32 Å². The number of fused-ring (bicyclic) bond motifs is 1. The third kappa shape index (κ3) is 3.47. The molecule has 4 nitrogen and oxygen atoms in total. The lowest BCUT2D eigenvalue weighted by molar-refractivity contribution is 0.0950. The largest absolute Gasteiger partial charge is 0.486 e. The van der Waals surface area contributed by atoms with Crippen LogP contribution in [-0.4, -0.2) is 19.1 Å². The zero-order chi connectivity index (χ0) is 15.5. The van der Waals surface area contributed by atoms with Crippen molar-refractivity contribution in [2.45, 2.75) is 6.54 Å². The molecule has 0 aliphatic carbocycles. The predicted molar refractivity (Wildman–Crippen MR) is 92.8 cm³/mol. The summed E-state index contributed by atoms with van der Waals surface area (Å²) in [5.41, 5.74) is 1.53. The number of benzene rings is 2. The van der Waals surface area contributed by atoms with Gasteiger partial charge in [-0.3, -0.25) is 4.79 Å². The van der Waals surface area contributed by atoms with Gasteiger partial charge < -0.3 is 14.8 Å². The molecule has 0 saturated heterocycles. The van der Waals surface area contributed by atoms with Gasteiger partial charge in [0.15, 0.2) is 11.5 Å². The number of rotatable bonds is 3. The number of carbonyl (C=O) groups is 1. The number of hydrogen-bond donors (Lipinski definition) is 1.